The lowest BCUT2D eigenvalue weighted by molar-refractivity contribution is -0.115. The van der Waals surface area contributed by atoms with Crippen LogP contribution in [0.4, 0.5) is 11.4 Å². The molecule has 8 heteroatoms. The van der Waals surface area contributed by atoms with Gasteiger partial charge in [-0.2, -0.15) is 4.31 Å². The number of rotatable bonds is 6. The highest BCUT2D eigenvalue weighted by Gasteiger charge is 2.27. The first kappa shape index (κ1) is 18.8. The Bertz CT molecular complexity index is 911. The van der Waals surface area contributed by atoms with E-state index >= 15 is 0 Å². The van der Waals surface area contributed by atoms with Gasteiger partial charge < -0.3 is 10.6 Å². The molecule has 0 saturated heterocycles. The van der Waals surface area contributed by atoms with Crippen molar-refractivity contribution in [2.24, 2.45) is 0 Å². The number of anilines is 2. The highest BCUT2D eigenvalue weighted by atomic mass is 32.2. The molecular formula is C18H21N3O3S2. The summed E-state index contributed by atoms with van der Waals surface area (Å²) in [6, 6.07) is 14.2. The van der Waals surface area contributed by atoms with E-state index in [1.165, 1.54) is 16.1 Å². The van der Waals surface area contributed by atoms with Crippen LogP contribution in [0.5, 0.6) is 0 Å². The van der Waals surface area contributed by atoms with E-state index in [0.29, 0.717) is 18.8 Å². The number of thioether (sulfide) groups is 1. The molecule has 1 atom stereocenters. The number of carbonyl (C=O) groups is 1. The van der Waals surface area contributed by atoms with Crippen LogP contribution in [0.2, 0.25) is 0 Å². The monoisotopic (exact) mass is 391 g/mol. The molecule has 0 fully saturated rings. The number of hydrogen-bond acceptors (Lipinski definition) is 5. The smallest absolute Gasteiger partial charge is 0.257 e. The van der Waals surface area contributed by atoms with Crippen molar-refractivity contribution < 1.29 is 13.2 Å². The van der Waals surface area contributed by atoms with Gasteiger partial charge in [0.25, 0.3) is 5.91 Å². The molecular weight excluding hydrogens is 370 g/mol. The summed E-state index contributed by atoms with van der Waals surface area (Å²) in [6.45, 7) is 4.44. The topological polar surface area (TPSA) is 78.5 Å². The van der Waals surface area contributed by atoms with Gasteiger partial charge in [0, 0.05) is 23.7 Å². The van der Waals surface area contributed by atoms with Gasteiger partial charge in [0.2, 0.25) is 10.0 Å². The van der Waals surface area contributed by atoms with E-state index in [-0.39, 0.29) is 10.8 Å². The molecule has 2 aromatic rings. The van der Waals surface area contributed by atoms with Crippen LogP contribution in [0, 0.1) is 0 Å². The van der Waals surface area contributed by atoms with Crippen molar-refractivity contribution in [2.45, 2.75) is 29.0 Å². The minimum atomic E-state index is -3.54. The minimum absolute atomic E-state index is 0.161. The molecule has 1 amide bonds. The second kappa shape index (κ2) is 7.69. The predicted molar refractivity (Wildman–Crippen MR) is 105 cm³/mol. The fourth-order valence-corrected chi connectivity index (χ4v) is 5.28. The number of nitrogens with one attached hydrogen (secondary N) is 2. The summed E-state index contributed by atoms with van der Waals surface area (Å²) in [5, 5.41) is 5.46. The van der Waals surface area contributed by atoms with Gasteiger partial charge in [-0.05, 0) is 30.3 Å². The van der Waals surface area contributed by atoms with E-state index in [2.05, 4.69) is 10.6 Å². The van der Waals surface area contributed by atoms with Crippen molar-refractivity contribution in [1.82, 2.24) is 4.31 Å². The number of para-hydroxylation sites is 1. The molecule has 0 unspecified atom stereocenters. The van der Waals surface area contributed by atoms with Gasteiger partial charge in [-0.3, -0.25) is 4.79 Å². The molecule has 0 bridgehead atoms. The van der Waals surface area contributed by atoms with Crippen LogP contribution in [0.15, 0.2) is 58.3 Å². The van der Waals surface area contributed by atoms with Crippen molar-refractivity contribution in [3.05, 3.63) is 48.5 Å². The summed E-state index contributed by atoms with van der Waals surface area (Å²) in [6.07, 6.45) is 0. The van der Waals surface area contributed by atoms with Gasteiger partial charge in [0.05, 0.1) is 10.6 Å². The number of nitrogens with zero attached hydrogens (tertiary/aromatic N) is 1. The second-order valence-corrected chi connectivity index (χ2v) is 8.83. The molecule has 0 saturated carbocycles. The Morgan fingerprint density at radius 3 is 2.58 bits per heavy atom. The molecule has 138 valence electrons. The lowest BCUT2D eigenvalue weighted by atomic mass is 10.3. The van der Waals surface area contributed by atoms with Crippen LogP contribution in [0.25, 0.3) is 0 Å². The third-order valence-corrected chi connectivity index (χ3v) is 7.33. The van der Waals surface area contributed by atoms with Gasteiger partial charge in [0.1, 0.15) is 0 Å². The highest BCUT2D eigenvalue weighted by Crippen LogP contribution is 2.35. The Morgan fingerprint density at radius 1 is 1.12 bits per heavy atom. The van der Waals surface area contributed by atoms with Gasteiger partial charge in [-0.1, -0.05) is 43.8 Å². The molecule has 0 aliphatic carbocycles. The molecule has 1 heterocycles. The van der Waals surface area contributed by atoms with Crippen LogP contribution in [0.3, 0.4) is 0 Å². The van der Waals surface area contributed by atoms with Crippen molar-refractivity contribution in [2.75, 3.05) is 23.7 Å². The standard InChI is InChI=1S/C18H21N3O3S2/c1-3-21(4-2)26(23,24)14-9-7-8-13(12-14)19-18-17(22)20-15-10-5-6-11-16(15)25-18/h5-12,18-19H,3-4H2,1-2H3,(H,20,22)/t18-/m1/s1. The largest absolute Gasteiger partial charge is 0.365 e. The first-order chi connectivity index (χ1) is 12.5. The number of amides is 1. The van der Waals surface area contributed by atoms with Crippen LogP contribution in [-0.2, 0) is 14.8 Å². The first-order valence-electron chi connectivity index (χ1n) is 8.39. The van der Waals surface area contributed by atoms with E-state index in [0.717, 1.165) is 10.6 Å². The van der Waals surface area contributed by atoms with Gasteiger partial charge >= 0.3 is 0 Å². The van der Waals surface area contributed by atoms with Gasteiger partial charge in [-0.15, -0.1) is 0 Å². The molecule has 2 aromatic carbocycles. The molecule has 26 heavy (non-hydrogen) atoms. The van der Waals surface area contributed by atoms with Crippen molar-refractivity contribution in [3.8, 4) is 0 Å². The summed E-state index contributed by atoms with van der Waals surface area (Å²) in [7, 11) is -3.54. The second-order valence-electron chi connectivity index (χ2n) is 5.74. The highest BCUT2D eigenvalue weighted by molar-refractivity contribution is 8.01. The lowest BCUT2D eigenvalue weighted by Crippen LogP contribution is -2.35. The van der Waals surface area contributed by atoms with E-state index < -0.39 is 15.4 Å². The van der Waals surface area contributed by atoms with Gasteiger partial charge in [0.15, 0.2) is 5.37 Å². The number of benzene rings is 2. The van der Waals surface area contributed by atoms with Crippen molar-refractivity contribution in [1.29, 1.82) is 0 Å². The Kier molecular flexibility index (Phi) is 5.55. The first-order valence-corrected chi connectivity index (χ1v) is 10.7. The normalized spacial score (nSPS) is 16.9. The van der Waals surface area contributed by atoms with Crippen LogP contribution < -0.4 is 10.6 Å². The summed E-state index contributed by atoms with van der Waals surface area (Å²) >= 11 is 1.41. The van der Waals surface area contributed by atoms with Crippen LogP contribution in [-0.4, -0.2) is 37.1 Å². The zero-order valence-corrected chi connectivity index (χ0v) is 16.2. The molecule has 0 spiro atoms. The summed E-state index contributed by atoms with van der Waals surface area (Å²) in [5.41, 5.74) is 1.38. The summed E-state index contributed by atoms with van der Waals surface area (Å²) in [5.74, 6) is -0.161. The zero-order valence-electron chi connectivity index (χ0n) is 14.6. The number of hydrogen-bond donors (Lipinski definition) is 2. The van der Waals surface area contributed by atoms with Crippen LogP contribution in [0.1, 0.15) is 13.8 Å². The Morgan fingerprint density at radius 2 is 1.85 bits per heavy atom. The van der Waals surface area contributed by atoms with Gasteiger partial charge in [-0.25, -0.2) is 8.42 Å². The predicted octanol–water partition coefficient (Wildman–Crippen LogP) is 3.20. The Labute approximate surface area is 158 Å². The third kappa shape index (κ3) is 3.72. The third-order valence-electron chi connectivity index (χ3n) is 4.10. The average Bonchev–Trinajstić information content (AvgIpc) is 2.63. The SMILES string of the molecule is CCN(CC)S(=O)(=O)c1cccc(N[C@@H]2Sc3ccccc3NC2=O)c1. The fourth-order valence-electron chi connectivity index (χ4n) is 2.76. The van der Waals surface area contributed by atoms with E-state index in [1.54, 1.807) is 24.3 Å². The molecule has 3 rings (SSSR count). The maximum absolute atomic E-state index is 12.7. The quantitative estimate of drug-likeness (QED) is 0.791. The van der Waals surface area contributed by atoms with Crippen molar-refractivity contribution in [3.63, 3.8) is 0 Å². The maximum atomic E-state index is 12.7. The number of sulfonamides is 1. The summed E-state index contributed by atoms with van der Waals surface area (Å²) in [4.78, 5) is 13.5. The summed E-state index contributed by atoms with van der Waals surface area (Å²) < 4.78 is 26.8. The fraction of sp³-hybridized carbons (Fsp3) is 0.278. The molecule has 6 nitrogen and oxygen atoms in total. The minimum Gasteiger partial charge on any atom is -0.365 e. The van der Waals surface area contributed by atoms with E-state index in [4.69, 9.17) is 0 Å². The van der Waals surface area contributed by atoms with Crippen LogP contribution >= 0.6 is 11.8 Å². The average molecular weight is 392 g/mol. The van der Waals surface area contributed by atoms with E-state index in [1.807, 2.05) is 38.1 Å². The number of carbonyl (C=O) groups excluding carboxylic acids is 1. The molecule has 0 radical (unpaired) electrons. The van der Waals surface area contributed by atoms with Crippen molar-refractivity contribution >= 4 is 39.1 Å². The van der Waals surface area contributed by atoms with E-state index in [9.17, 15) is 13.2 Å². The Balaban J connectivity index is 1.83. The molecule has 2 N–H and O–H groups in total. The maximum Gasteiger partial charge on any atom is 0.257 e. The zero-order chi connectivity index (χ0) is 18.7. The molecule has 1 aliphatic rings. The number of fused-ring (bicyclic) bond motifs is 1. The molecule has 0 aromatic heterocycles. The molecule has 1 aliphatic heterocycles. The Hall–Kier alpha value is -2.03. The lowest BCUT2D eigenvalue weighted by Gasteiger charge is -2.25.